The van der Waals surface area contributed by atoms with Crippen LogP contribution in [0.25, 0.3) is 0 Å². The SMILES string of the molecule is CNC(=O)NC(=O)[C@H](C)SCCOc1ccc(OC)cc1. The summed E-state index contributed by atoms with van der Waals surface area (Å²) < 4.78 is 10.6. The van der Waals surface area contributed by atoms with Gasteiger partial charge in [-0.05, 0) is 31.2 Å². The zero-order valence-electron chi connectivity index (χ0n) is 12.3. The van der Waals surface area contributed by atoms with Crippen LogP contribution in [0.4, 0.5) is 4.79 Å². The minimum absolute atomic E-state index is 0.316. The van der Waals surface area contributed by atoms with E-state index in [1.54, 1.807) is 14.0 Å². The topological polar surface area (TPSA) is 76.7 Å². The van der Waals surface area contributed by atoms with Gasteiger partial charge >= 0.3 is 6.03 Å². The summed E-state index contributed by atoms with van der Waals surface area (Å²) >= 11 is 1.42. The van der Waals surface area contributed by atoms with Crippen LogP contribution in [-0.4, -0.2) is 43.7 Å². The van der Waals surface area contributed by atoms with Crippen LogP contribution in [0.2, 0.25) is 0 Å². The van der Waals surface area contributed by atoms with Crippen molar-refractivity contribution in [1.82, 2.24) is 10.6 Å². The molecule has 1 rings (SSSR count). The number of hydrogen-bond donors (Lipinski definition) is 2. The lowest BCUT2D eigenvalue weighted by Crippen LogP contribution is -2.41. The Bertz CT molecular complexity index is 465. The molecule has 1 atom stereocenters. The Morgan fingerprint density at radius 1 is 1.24 bits per heavy atom. The number of thioether (sulfide) groups is 1. The predicted octanol–water partition coefficient (Wildman–Crippen LogP) is 1.65. The molecule has 1 aromatic carbocycles. The minimum Gasteiger partial charge on any atom is -0.497 e. The summed E-state index contributed by atoms with van der Waals surface area (Å²) in [7, 11) is 3.07. The Hall–Kier alpha value is -1.89. The molecule has 0 fully saturated rings. The third kappa shape index (κ3) is 6.40. The fraction of sp³-hybridized carbons (Fsp3) is 0.429. The first kappa shape index (κ1) is 17.2. The van der Waals surface area contributed by atoms with Crippen LogP contribution in [0.5, 0.6) is 11.5 Å². The molecule has 0 unspecified atom stereocenters. The van der Waals surface area contributed by atoms with Crippen molar-refractivity contribution in [3.63, 3.8) is 0 Å². The maximum Gasteiger partial charge on any atom is 0.321 e. The summed E-state index contributed by atoms with van der Waals surface area (Å²) in [6.45, 7) is 2.23. The van der Waals surface area contributed by atoms with Crippen molar-refractivity contribution in [3.8, 4) is 11.5 Å². The van der Waals surface area contributed by atoms with Crippen LogP contribution in [0, 0.1) is 0 Å². The number of imide groups is 1. The molecule has 0 spiro atoms. The zero-order chi connectivity index (χ0) is 15.7. The standard InChI is InChI=1S/C14H20N2O4S/c1-10(13(17)16-14(18)15-2)21-9-8-20-12-6-4-11(19-3)5-7-12/h4-7,10H,8-9H2,1-3H3,(H2,15,16,17,18)/t10-/m0/s1. The van der Waals surface area contributed by atoms with E-state index in [9.17, 15) is 9.59 Å². The van der Waals surface area contributed by atoms with Gasteiger partial charge in [0, 0.05) is 12.8 Å². The number of urea groups is 1. The van der Waals surface area contributed by atoms with Gasteiger partial charge in [0.1, 0.15) is 11.5 Å². The van der Waals surface area contributed by atoms with Crippen molar-refractivity contribution >= 4 is 23.7 Å². The lowest BCUT2D eigenvalue weighted by Gasteiger charge is -2.11. The first-order chi connectivity index (χ1) is 10.1. The van der Waals surface area contributed by atoms with Gasteiger partial charge in [-0.1, -0.05) is 0 Å². The summed E-state index contributed by atoms with van der Waals surface area (Å²) in [4.78, 5) is 22.6. The minimum atomic E-state index is -0.498. The van der Waals surface area contributed by atoms with Gasteiger partial charge in [0.15, 0.2) is 0 Å². The van der Waals surface area contributed by atoms with Crippen molar-refractivity contribution < 1.29 is 19.1 Å². The van der Waals surface area contributed by atoms with Gasteiger partial charge in [-0.15, -0.1) is 11.8 Å². The van der Waals surface area contributed by atoms with E-state index in [0.29, 0.717) is 12.4 Å². The summed E-state index contributed by atoms with van der Waals surface area (Å²) in [5.41, 5.74) is 0. The van der Waals surface area contributed by atoms with E-state index in [1.807, 2.05) is 24.3 Å². The molecule has 0 saturated heterocycles. The van der Waals surface area contributed by atoms with Crippen LogP contribution in [0.15, 0.2) is 24.3 Å². The molecule has 0 heterocycles. The first-order valence-electron chi connectivity index (χ1n) is 6.48. The van der Waals surface area contributed by atoms with Gasteiger partial charge in [-0.25, -0.2) is 4.79 Å². The summed E-state index contributed by atoms with van der Waals surface area (Å²) in [5, 5.41) is 4.25. The van der Waals surface area contributed by atoms with Gasteiger partial charge in [0.2, 0.25) is 5.91 Å². The molecule has 0 aliphatic heterocycles. The van der Waals surface area contributed by atoms with Crippen LogP contribution in [-0.2, 0) is 4.79 Å². The molecule has 0 radical (unpaired) electrons. The Morgan fingerprint density at radius 3 is 2.43 bits per heavy atom. The second-order valence-corrected chi connectivity index (χ2v) is 5.55. The number of hydrogen-bond acceptors (Lipinski definition) is 5. The van der Waals surface area contributed by atoms with Crippen LogP contribution >= 0.6 is 11.8 Å². The Morgan fingerprint density at radius 2 is 1.86 bits per heavy atom. The van der Waals surface area contributed by atoms with Gasteiger partial charge in [-0.3, -0.25) is 10.1 Å². The third-order valence-electron chi connectivity index (χ3n) is 2.61. The molecule has 0 bridgehead atoms. The largest absolute Gasteiger partial charge is 0.497 e. The van der Waals surface area contributed by atoms with E-state index >= 15 is 0 Å². The highest BCUT2D eigenvalue weighted by atomic mass is 32.2. The van der Waals surface area contributed by atoms with Gasteiger partial charge < -0.3 is 14.8 Å². The van der Waals surface area contributed by atoms with E-state index in [1.165, 1.54) is 18.8 Å². The molecule has 2 N–H and O–H groups in total. The highest BCUT2D eigenvalue weighted by molar-refractivity contribution is 8.00. The molecule has 0 aromatic heterocycles. The van der Waals surface area contributed by atoms with E-state index in [2.05, 4.69) is 10.6 Å². The fourth-order valence-electron chi connectivity index (χ4n) is 1.41. The van der Waals surface area contributed by atoms with E-state index in [-0.39, 0.29) is 11.2 Å². The number of carbonyl (C=O) groups is 2. The monoisotopic (exact) mass is 312 g/mol. The van der Waals surface area contributed by atoms with Crippen molar-refractivity contribution in [3.05, 3.63) is 24.3 Å². The second kappa shape index (κ2) is 9.12. The molecule has 6 nitrogen and oxygen atoms in total. The highest BCUT2D eigenvalue weighted by Crippen LogP contribution is 2.17. The van der Waals surface area contributed by atoms with Crippen molar-refractivity contribution in [2.75, 3.05) is 26.5 Å². The second-order valence-electron chi connectivity index (χ2n) is 4.11. The highest BCUT2D eigenvalue weighted by Gasteiger charge is 2.15. The van der Waals surface area contributed by atoms with Crippen molar-refractivity contribution in [2.24, 2.45) is 0 Å². The molecule has 0 aliphatic rings. The van der Waals surface area contributed by atoms with Gasteiger partial charge in [0.05, 0.1) is 19.0 Å². The van der Waals surface area contributed by atoms with E-state index in [0.717, 1.165) is 11.5 Å². The smallest absolute Gasteiger partial charge is 0.321 e. The predicted molar refractivity (Wildman–Crippen MR) is 83.0 cm³/mol. The number of ether oxygens (including phenoxy) is 2. The van der Waals surface area contributed by atoms with Crippen molar-refractivity contribution in [2.45, 2.75) is 12.2 Å². The Kier molecular flexibility index (Phi) is 7.45. The number of carbonyl (C=O) groups excluding carboxylic acids is 2. The van der Waals surface area contributed by atoms with Gasteiger partial charge in [0.25, 0.3) is 0 Å². The Labute approximate surface area is 128 Å². The average molecular weight is 312 g/mol. The van der Waals surface area contributed by atoms with Gasteiger partial charge in [-0.2, -0.15) is 0 Å². The molecular formula is C14H20N2O4S. The van der Waals surface area contributed by atoms with Crippen molar-refractivity contribution in [1.29, 1.82) is 0 Å². The lowest BCUT2D eigenvalue weighted by atomic mass is 10.3. The molecule has 0 saturated carbocycles. The van der Waals surface area contributed by atoms with Crippen LogP contribution < -0.4 is 20.1 Å². The van der Waals surface area contributed by atoms with Crippen LogP contribution in [0.3, 0.4) is 0 Å². The van der Waals surface area contributed by atoms with E-state index < -0.39 is 6.03 Å². The molecule has 0 aliphatic carbocycles. The number of methoxy groups -OCH3 is 1. The van der Waals surface area contributed by atoms with E-state index in [4.69, 9.17) is 9.47 Å². The Balaban J connectivity index is 2.23. The van der Waals surface area contributed by atoms with Crippen LogP contribution in [0.1, 0.15) is 6.92 Å². The summed E-state index contributed by atoms with van der Waals surface area (Å²) in [6, 6.07) is 6.79. The lowest BCUT2D eigenvalue weighted by molar-refractivity contribution is -0.119. The number of amides is 3. The third-order valence-corrected chi connectivity index (χ3v) is 3.73. The maximum atomic E-state index is 11.6. The molecule has 7 heteroatoms. The number of rotatable bonds is 7. The molecule has 21 heavy (non-hydrogen) atoms. The molecular weight excluding hydrogens is 292 g/mol. The normalized spacial score (nSPS) is 11.4. The summed E-state index contributed by atoms with van der Waals surface area (Å²) in [6.07, 6.45) is 0. The average Bonchev–Trinajstić information content (AvgIpc) is 2.51. The molecule has 116 valence electrons. The first-order valence-corrected chi connectivity index (χ1v) is 7.52. The maximum absolute atomic E-state index is 11.6. The summed E-state index contributed by atoms with van der Waals surface area (Å²) in [5.74, 6) is 1.85. The zero-order valence-corrected chi connectivity index (χ0v) is 13.2. The number of nitrogens with one attached hydrogen (secondary N) is 2. The quantitative estimate of drug-likeness (QED) is 0.749. The molecule has 1 aromatic rings. The fourth-order valence-corrected chi connectivity index (χ4v) is 2.15. The number of benzene rings is 1. The molecule has 3 amide bonds.